The fourth-order valence-electron chi connectivity index (χ4n) is 4.43. The predicted molar refractivity (Wildman–Crippen MR) is 96.9 cm³/mol. The lowest BCUT2D eigenvalue weighted by Gasteiger charge is -2.37. The van der Waals surface area contributed by atoms with Gasteiger partial charge in [-0.05, 0) is 55.2 Å². The second kappa shape index (κ2) is 7.67. The number of carbonyl (C=O) groups is 1. The number of halogens is 3. The Bertz CT molecular complexity index is 711. The van der Waals surface area contributed by atoms with E-state index in [4.69, 9.17) is 9.47 Å². The molecule has 4 rings (SSSR count). The summed E-state index contributed by atoms with van der Waals surface area (Å²) >= 11 is 0. The van der Waals surface area contributed by atoms with E-state index in [2.05, 4.69) is 0 Å². The molecule has 4 nitrogen and oxygen atoms in total. The van der Waals surface area contributed by atoms with Gasteiger partial charge < -0.3 is 14.4 Å². The third kappa shape index (κ3) is 4.20. The largest absolute Gasteiger partial charge is 0.416 e. The zero-order valence-electron chi connectivity index (χ0n) is 15.8. The predicted octanol–water partition coefficient (Wildman–Crippen LogP) is 4.00. The van der Waals surface area contributed by atoms with Crippen LogP contribution >= 0.6 is 0 Å². The van der Waals surface area contributed by atoms with E-state index in [-0.39, 0.29) is 22.8 Å². The smallest absolute Gasteiger partial charge is 0.381 e. The molecule has 1 saturated carbocycles. The fourth-order valence-corrected chi connectivity index (χ4v) is 4.43. The van der Waals surface area contributed by atoms with Crippen molar-refractivity contribution >= 4 is 5.91 Å². The lowest BCUT2D eigenvalue weighted by Crippen LogP contribution is -2.39. The van der Waals surface area contributed by atoms with E-state index in [1.165, 1.54) is 25.0 Å². The molecule has 0 N–H and O–H groups in total. The summed E-state index contributed by atoms with van der Waals surface area (Å²) < 4.78 is 50.5. The average molecular weight is 397 g/mol. The van der Waals surface area contributed by atoms with Gasteiger partial charge in [0.1, 0.15) is 0 Å². The molecule has 0 aromatic heterocycles. The Hall–Kier alpha value is -1.60. The van der Waals surface area contributed by atoms with E-state index in [0.717, 1.165) is 31.6 Å². The molecule has 1 spiro atoms. The van der Waals surface area contributed by atoms with E-state index in [1.54, 1.807) is 4.90 Å². The SMILES string of the molecule is O=C(c1cccc(C(F)(F)F)c1)N1CC(COCC2CC2)C2(CCOCC2)C1. The van der Waals surface area contributed by atoms with Gasteiger partial charge in [0.05, 0.1) is 12.2 Å². The molecule has 2 aliphatic heterocycles. The van der Waals surface area contributed by atoms with Crippen molar-refractivity contribution in [3.63, 3.8) is 0 Å². The standard InChI is InChI=1S/C21H26F3NO3/c22-21(23,24)17-3-1-2-16(10-17)19(26)25-11-18(13-28-12-15-4-5-15)20(14-25)6-8-27-9-7-20/h1-3,10,15,18H,4-9,11-14H2. The zero-order valence-corrected chi connectivity index (χ0v) is 15.8. The molecule has 0 bridgehead atoms. The summed E-state index contributed by atoms with van der Waals surface area (Å²) in [5, 5.41) is 0. The van der Waals surface area contributed by atoms with Gasteiger partial charge in [0.15, 0.2) is 0 Å². The van der Waals surface area contributed by atoms with E-state index in [9.17, 15) is 18.0 Å². The van der Waals surface area contributed by atoms with Crippen molar-refractivity contribution in [3.05, 3.63) is 35.4 Å². The summed E-state index contributed by atoms with van der Waals surface area (Å²) in [4.78, 5) is 14.7. The Kier molecular flexibility index (Phi) is 5.40. The molecule has 154 valence electrons. The van der Waals surface area contributed by atoms with Crippen LogP contribution in [-0.4, -0.2) is 50.3 Å². The van der Waals surface area contributed by atoms with Crippen molar-refractivity contribution in [1.82, 2.24) is 4.90 Å². The van der Waals surface area contributed by atoms with Crippen LogP contribution in [0.25, 0.3) is 0 Å². The molecule has 1 aromatic carbocycles. The van der Waals surface area contributed by atoms with Crippen LogP contribution in [-0.2, 0) is 15.7 Å². The number of alkyl halides is 3. The van der Waals surface area contributed by atoms with Crippen LogP contribution in [0.3, 0.4) is 0 Å². The highest BCUT2D eigenvalue weighted by Crippen LogP contribution is 2.45. The molecule has 1 atom stereocenters. The third-order valence-corrected chi connectivity index (χ3v) is 6.39. The second-order valence-corrected chi connectivity index (χ2v) is 8.42. The summed E-state index contributed by atoms with van der Waals surface area (Å²) in [5.41, 5.74) is -0.752. The van der Waals surface area contributed by atoms with Gasteiger partial charge in [0.25, 0.3) is 5.91 Å². The first kappa shape index (κ1) is 19.7. The second-order valence-electron chi connectivity index (χ2n) is 8.42. The maximum absolute atomic E-state index is 13.0. The summed E-state index contributed by atoms with van der Waals surface area (Å²) in [5.74, 6) is 0.543. The lowest BCUT2D eigenvalue weighted by atomic mass is 9.72. The highest BCUT2D eigenvalue weighted by atomic mass is 19.4. The van der Waals surface area contributed by atoms with Crippen LogP contribution in [0.15, 0.2) is 24.3 Å². The van der Waals surface area contributed by atoms with Crippen molar-refractivity contribution in [3.8, 4) is 0 Å². The minimum Gasteiger partial charge on any atom is -0.381 e. The molecular weight excluding hydrogens is 371 g/mol. The lowest BCUT2D eigenvalue weighted by molar-refractivity contribution is -0.137. The minimum absolute atomic E-state index is 0.0564. The number of nitrogens with zero attached hydrogens (tertiary/aromatic N) is 1. The fraction of sp³-hybridized carbons (Fsp3) is 0.667. The molecule has 1 amide bonds. The first-order valence-corrected chi connectivity index (χ1v) is 9.99. The van der Waals surface area contributed by atoms with Crippen molar-refractivity contribution in [2.45, 2.75) is 31.9 Å². The van der Waals surface area contributed by atoms with Crippen molar-refractivity contribution < 1.29 is 27.4 Å². The van der Waals surface area contributed by atoms with Gasteiger partial charge in [0.2, 0.25) is 0 Å². The summed E-state index contributed by atoms with van der Waals surface area (Å²) in [6.07, 6.45) is -0.288. The molecule has 1 unspecified atom stereocenters. The van der Waals surface area contributed by atoms with Crippen LogP contribution in [0.4, 0.5) is 13.2 Å². The van der Waals surface area contributed by atoms with E-state index < -0.39 is 11.7 Å². The quantitative estimate of drug-likeness (QED) is 0.754. The minimum atomic E-state index is -4.46. The van der Waals surface area contributed by atoms with Crippen molar-refractivity contribution in [1.29, 1.82) is 0 Å². The molecular formula is C21H26F3NO3. The number of likely N-dealkylation sites (tertiary alicyclic amines) is 1. The number of hydrogen-bond donors (Lipinski definition) is 0. The van der Waals surface area contributed by atoms with Crippen LogP contribution < -0.4 is 0 Å². The van der Waals surface area contributed by atoms with Crippen LogP contribution in [0.1, 0.15) is 41.6 Å². The van der Waals surface area contributed by atoms with Gasteiger partial charge >= 0.3 is 6.18 Å². The van der Waals surface area contributed by atoms with Crippen LogP contribution in [0, 0.1) is 17.3 Å². The van der Waals surface area contributed by atoms with Gasteiger partial charge in [-0.25, -0.2) is 0 Å². The van der Waals surface area contributed by atoms with E-state index in [0.29, 0.717) is 38.8 Å². The Morgan fingerprint density at radius 2 is 1.96 bits per heavy atom. The summed E-state index contributed by atoms with van der Waals surface area (Å²) in [7, 11) is 0. The van der Waals surface area contributed by atoms with Crippen molar-refractivity contribution in [2.75, 3.05) is 39.5 Å². The maximum atomic E-state index is 13.0. The number of rotatable bonds is 5. The molecule has 3 aliphatic rings. The Morgan fingerprint density at radius 3 is 2.64 bits per heavy atom. The first-order valence-electron chi connectivity index (χ1n) is 9.99. The number of benzene rings is 1. The molecule has 28 heavy (non-hydrogen) atoms. The number of carbonyl (C=O) groups excluding carboxylic acids is 1. The molecule has 7 heteroatoms. The molecule has 2 heterocycles. The average Bonchev–Trinajstić information content (AvgIpc) is 3.44. The normalized spacial score (nSPS) is 24.7. The number of amides is 1. The highest BCUT2D eigenvalue weighted by molar-refractivity contribution is 5.94. The molecule has 2 saturated heterocycles. The maximum Gasteiger partial charge on any atom is 0.416 e. The summed E-state index contributed by atoms with van der Waals surface area (Å²) in [6, 6.07) is 4.71. The number of hydrogen-bond acceptors (Lipinski definition) is 3. The highest BCUT2D eigenvalue weighted by Gasteiger charge is 2.49. The monoisotopic (exact) mass is 397 g/mol. The Labute approximate surface area is 163 Å². The topological polar surface area (TPSA) is 38.8 Å². The van der Waals surface area contributed by atoms with Gasteiger partial charge in [-0.2, -0.15) is 13.2 Å². The number of ether oxygens (including phenoxy) is 2. The third-order valence-electron chi connectivity index (χ3n) is 6.39. The van der Waals surface area contributed by atoms with Crippen LogP contribution in [0.2, 0.25) is 0 Å². The molecule has 0 radical (unpaired) electrons. The zero-order chi connectivity index (χ0) is 19.8. The van der Waals surface area contributed by atoms with E-state index in [1.807, 2.05) is 0 Å². The molecule has 1 aromatic rings. The van der Waals surface area contributed by atoms with Gasteiger partial charge in [-0.1, -0.05) is 6.07 Å². The first-order chi connectivity index (χ1) is 13.4. The molecule has 1 aliphatic carbocycles. The van der Waals surface area contributed by atoms with Gasteiger partial charge in [0, 0.05) is 44.4 Å². The van der Waals surface area contributed by atoms with Gasteiger partial charge in [-0.3, -0.25) is 4.79 Å². The Morgan fingerprint density at radius 1 is 1.21 bits per heavy atom. The molecule has 3 fully saturated rings. The Balaban J connectivity index is 1.48. The van der Waals surface area contributed by atoms with Crippen molar-refractivity contribution in [2.24, 2.45) is 17.3 Å². The summed E-state index contributed by atoms with van der Waals surface area (Å²) in [6.45, 7) is 3.77. The van der Waals surface area contributed by atoms with E-state index >= 15 is 0 Å². The van der Waals surface area contributed by atoms with Gasteiger partial charge in [-0.15, -0.1) is 0 Å². The van der Waals surface area contributed by atoms with Crippen LogP contribution in [0.5, 0.6) is 0 Å².